The Hall–Kier alpha value is -5.86. The van der Waals surface area contributed by atoms with E-state index in [2.05, 4.69) is 200 Å². The van der Waals surface area contributed by atoms with Gasteiger partial charge in [-0.25, -0.2) is 0 Å². The monoisotopic (exact) mass is 700 g/mol. The molecule has 0 bridgehead atoms. The number of para-hydroxylation sites is 2. The molecule has 1 saturated carbocycles. The molecular formula is C52H48N2. The van der Waals surface area contributed by atoms with Crippen LogP contribution in [-0.4, -0.2) is 0 Å². The second-order valence-electron chi connectivity index (χ2n) is 15.7. The smallest absolute Gasteiger partial charge is 0.0465 e. The summed E-state index contributed by atoms with van der Waals surface area (Å²) in [5.74, 6) is 0.706. The van der Waals surface area contributed by atoms with Crippen LogP contribution >= 0.6 is 0 Å². The van der Waals surface area contributed by atoms with Crippen LogP contribution in [0.4, 0.5) is 34.1 Å². The van der Waals surface area contributed by atoms with Crippen molar-refractivity contribution in [3.8, 4) is 11.1 Å². The maximum atomic E-state index is 2.40. The normalized spacial score (nSPS) is 14.6. The van der Waals surface area contributed by atoms with Crippen LogP contribution < -0.4 is 9.80 Å². The number of hydrogen-bond donors (Lipinski definition) is 0. The average molecular weight is 701 g/mol. The molecule has 54 heavy (non-hydrogen) atoms. The van der Waals surface area contributed by atoms with E-state index in [9.17, 15) is 0 Å². The largest absolute Gasteiger partial charge is 0.311 e. The molecule has 266 valence electrons. The van der Waals surface area contributed by atoms with Crippen molar-refractivity contribution in [3.63, 3.8) is 0 Å². The molecule has 0 radical (unpaired) electrons. The first-order valence-corrected chi connectivity index (χ1v) is 19.8. The zero-order chi connectivity index (χ0) is 36.5. The van der Waals surface area contributed by atoms with Gasteiger partial charge in [0.1, 0.15) is 0 Å². The highest BCUT2D eigenvalue weighted by Gasteiger charge is 2.35. The second kappa shape index (κ2) is 14.5. The van der Waals surface area contributed by atoms with Crippen molar-refractivity contribution in [2.75, 3.05) is 9.80 Å². The molecule has 2 aliphatic rings. The van der Waals surface area contributed by atoms with Gasteiger partial charge in [-0.3, -0.25) is 0 Å². The van der Waals surface area contributed by atoms with Crippen LogP contribution in [0, 0.1) is 0 Å². The first-order chi connectivity index (χ1) is 26.5. The van der Waals surface area contributed by atoms with E-state index in [1.165, 1.54) is 93.8 Å². The Morgan fingerprint density at radius 3 is 1.44 bits per heavy atom. The van der Waals surface area contributed by atoms with E-state index < -0.39 is 0 Å². The standard InChI is InChI=1S/C52H48N2/c1-52(2)50-21-13-12-20-48(50)49-35-34-47(37-51(49)52)54(43-18-10-5-11-19-43)45-30-24-39(25-31-45)36-38-22-28-44(29-23-38)53(42-16-8-4-9-17-42)46-32-26-41(27-33-46)40-14-6-3-7-15-40/h4-5,8-13,16-35,37,40H,3,6-7,14-15,36H2,1-2H3. The number of fused-ring (bicyclic) bond motifs is 3. The molecule has 1 fully saturated rings. The van der Waals surface area contributed by atoms with E-state index in [-0.39, 0.29) is 5.41 Å². The Balaban J connectivity index is 0.969. The SMILES string of the molecule is CC1(C)c2ccccc2-c2ccc(N(c3ccccc3)c3ccc(Cc4ccc(N(c5ccccc5)c5ccc(C6CCCCC6)cc5)cc4)cc3)cc21. The Bertz CT molecular complexity index is 2330. The number of anilines is 6. The summed E-state index contributed by atoms with van der Waals surface area (Å²) < 4.78 is 0. The molecule has 0 aliphatic heterocycles. The zero-order valence-corrected chi connectivity index (χ0v) is 31.5. The third kappa shape index (κ3) is 6.51. The molecule has 0 saturated heterocycles. The maximum absolute atomic E-state index is 2.40. The molecule has 9 rings (SSSR count). The van der Waals surface area contributed by atoms with Crippen LogP contribution in [0.1, 0.15) is 79.7 Å². The van der Waals surface area contributed by atoms with Crippen molar-refractivity contribution in [1.82, 2.24) is 0 Å². The van der Waals surface area contributed by atoms with Gasteiger partial charge in [0.05, 0.1) is 0 Å². The van der Waals surface area contributed by atoms with Crippen molar-refractivity contribution in [1.29, 1.82) is 0 Å². The highest BCUT2D eigenvalue weighted by Crippen LogP contribution is 2.50. The Labute approximate surface area is 321 Å². The third-order valence-electron chi connectivity index (χ3n) is 11.9. The lowest BCUT2D eigenvalue weighted by atomic mass is 9.82. The van der Waals surface area contributed by atoms with Crippen molar-refractivity contribution >= 4 is 34.1 Å². The van der Waals surface area contributed by atoms with Gasteiger partial charge < -0.3 is 9.80 Å². The van der Waals surface area contributed by atoms with E-state index in [0.717, 1.165) is 17.8 Å². The van der Waals surface area contributed by atoms with Crippen molar-refractivity contribution in [3.05, 3.63) is 204 Å². The van der Waals surface area contributed by atoms with Gasteiger partial charge in [0, 0.05) is 39.5 Å². The van der Waals surface area contributed by atoms with Gasteiger partial charge in [-0.2, -0.15) is 0 Å². The summed E-state index contributed by atoms with van der Waals surface area (Å²) in [6, 6.07) is 64.9. The van der Waals surface area contributed by atoms with Gasteiger partial charge in [-0.05, 0) is 137 Å². The third-order valence-corrected chi connectivity index (χ3v) is 11.9. The molecule has 2 nitrogen and oxygen atoms in total. The van der Waals surface area contributed by atoms with Crippen LogP contribution in [0.3, 0.4) is 0 Å². The molecule has 7 aromatic carbocycles. The van der Waals surface area contributed by atoms with E-state index in [0.29, 0.717) is 5.92 Å². The quantitative estimate of drug-likeness (QED) is 0.148. The molecule has 0 unspecified atom stereocenters. The molecule has 0 spiro atoms. The van der Waals surface area contributed by atoms with Crippen LogP contribution in [0.25, 0.3) is 11.1 Å². The fraction of sp³-hybridized carbons (Fsp3) is 0.192. The molecule has 2 heteroatoms. The van der Waals surface area contributed by atoms with Crippen LogP contribution in [0.15, 0.2) is 176 Å². The second-order valence-corrected chi connectivity index (χ2v) is 15.7. The van der Waals surface area contributed by atoms with Crippen LogP contribution in [0.2, 0.25) is 0 Å². The molecule has 7 aromatic rings. The van der Waals surface area contributed by atoms with E-state index in [1.807, 2.05) is 0 Å². The van der Waals surface area contributed by atoms with Crippen molar-refractivity contribution < 1.29 is 0 Å². The van der Waals surface area contributed by atoms with E-state index >= 15 is 0 Å². The molecule has 0 heterocycles. The molecule has 0 aromatic heterocycles. The minimum Gasteiger partial charge on any atom is -0.311 e. The average Bonchev–Trinajstić information content (AvgIpc) is 3.46. The molecular weight excluding hydrogens is 653 g/mol. The number of rotatable bonds is 9. The van der Waals surface area contributed by atoms with Crippen molar-refractivity contribution in [2.45, 2.75) is 63.7 Å². The summed E-state index contributed by atoms with van der Waals surface area (Å²) in [5.41, 5.74) is 16.5. The van der Waals surface area contributed by atoms with Gasteiger partial charge in [0.2, 0.25) is 0 Å². The summed E-state index contributed by atoms with van der Waals surface area (Å²) in [7, 11) is 0. The summed E-state index contributed by atoms with van der Waals surface area (Å²) >= 11 is 0. The highest BCUT2D eigenvalue weighted by atomic mass is 15.1. The fourth-order valence-corrected chi connectivity index (χ4v) is 8.97. The number of benzene rings is 7. The van der Waals surface area contributed by atoms with E-state index in [4.69, 9.17) is 0 Å². The summed E-state index contributed by atoms with van der Waals surface area (Å²) in [6.07, 6.45) is 7.61. The fourth-order valence-electron chi connectivity index (χ4n) is 8.97. The topological polar surface area (TPSA) is 6.48 Å². The van der Waals surface area contributed by atoms with Crippen molar-refractivity contribution in [2.24, 2.45) is 0 Å². The molecule has 0 N–H and O–H groups in total. The predicted octanol–water partition coefficient (Wildman–Crippen LogP) is 14.6. The maximum Gasteiger partial charge on any atom is 0.0465 e. The summed E-state index contributed by atoms with van der Waals surface area (Å²) in [6.45, 7) is 4.70. The predicted molar refractivity (Wildman–Crippen MR) is 228 cm³/mol. The van der Waals surface area contributed by atoms with E-state index in [1.54, 1.807) is 0 Å². The van der Waals surface area contributed by atoms with Gasteiger partial charge in [0.15, 0.2) is 0 Å². The minimum atomic E-state index is -0.0546. The van der Waals surface area contributed by atoms with Crippen LogP contribution in [0.5, 0.6) is 0 Å². The first kappa shape index (κ1) is 33.9. The Morgan fingerprint density at radius 1 is 0.426 bits per heavy atom. The number of nitrogens with zero attached hydrogens (tertiary/aromatic N) is 2. The molecule has 0 amide bonds. The highest BCUT2D eigenvalue weighted by molar-refractivity contribution is 5.85. The lowest BCUT2D eigenvalue weighted by Gasteiger charge is -2.28. The molecule has 0 atom stereocenters. The Morgan fingerprint density at radius 2 is 0.870 bits per heavy atom. The van der Waals surface area contributed by atoms with Gasteiger partial charge in [0.25, 0.3) is 0 Å². The van der Waals surface area contributed by atoms with Crippen LogP contribution in [-0.2, 0) is 11.8 Å². The lowest BCUT2D eigenvalue weighted by Crippen LogP contribution is -2.16. The Kier molecular flexibility index (Phi) is 9.13. The number of hydrogen-bond acceptors (Lipinski definition) is 2. The summed E-state index contributed by atoms with van der Waals surface area (Å²) in [4.78, 5) is 4.76. The van der Waals surface area contributed by atoms with Gasteiger partial charge in [-0.1, -0.05) is 136 Å². The lowest BCUT2D eigenvalue weighted by molar-refractivity contribution is 0.443. The zero-order valence-electron chi connectivity index (χ0n) is 31.5. The van der Waals surface area contributed by atoms with Gasteiger partial charge in [-0.15, -0.1) is 0 Å². The summed E-state index contributed by atoms with van der Waals surface area (Å²) in [5, 5.41) is 0. The minimum absolute atomic E-state index is 0.0546. The van der Waals surface area contributed by atoms with Gasteiger partial charge >= 0.3 is 0 Å². The molecule has 2 aliphatic carbocycles. The first-order valence-electron chi connectivity index (χ1n) is 19.8.